The topological polar surface area (TPSA) is 76.1 Å². The molecule has 0 fully saturated rings. The van der Waals surface area contributed by atoms with Crippen molar-refractivity contribution in [2.75, 3.05) is 12.8 Å². The van der Waals surface area contributed by atoms with Gasteiger partial charge in [0.05, 0.1) is 21.3 Å². The van der Waals surface area contributed by atoms with Crippen LogP contribution in [0.2, 0.25) is 0 Å². The third-order valence-corrected chi connectivity index (χ3v) is 6.63. The molecule has 5 nitrogen and oxygen atoms in total. The summed E-state index contributed by atoms with van der Waals surface area (Å²) in [6.07, 6.45) is 1.95. The van der Waals surface area contributed by atoms with Crippen LogP contribution in [0.15, 0.2) is 41.8 Å². The lowest BCUT2D eigenvalue weighted by Crippen LogP contribution is -2.25. The molecule has 8 heteroatoms. The van der Waals surface area contributed by atoms with E-state index in [0.717, 1.165) is 22.0 Å². The van der Waals surface area contributed by atoms with E-state index in [4.69, 9.17) is 0 Å². The van der Waals surface area contributed by atoms with Crippen LogP contribution < -0.4 is 5.32 Å². The van der Waals surface area contributed by atoms with Crippen molar-refractivity contribution in [2.45, 2.75) is 19.1 Å². The largest absolute Gasteiger partial charge is 0.352 e. The van der Waals surface area contributed by atoms with Gasteiger partial charge in [-0.25, -0.2) is 13.4 Å². The third kappa shape index (κ3) is 5.72. The molecule has 1 amide bonds. The zero-order chi connectivity index (χ0) is 19.4. The van der Waals surface area contributed by atoms with Crippen LogP contribution in [0.25, 0.3) is 10.6 Å². The van der Waals surface area contributed by atoms with Crippen LogP contribution in [0.3, 0.4) is 0 Å². The van der Waals surface area contributed by atoms with E-state index in [-0.39, 0.29) is 11.7 Å². The summed E-state index contributed by atoms with van der Waals surface area (Å²) in [4.78, 5) is 19.1. The number of benzene rings is 1. The first-order valence-corrected chi connectivity index (χ1v) is 12.1. The monoisotopic (exact) mass is 420 g/mol. The summed E-state index contributed by atoms with van der Waals surface area (Å²) in [7, 11) is -3.08. The van der Waals surface area contributed by atoms with Gasteiger partial charge in [0.25, 0.3) is 5.91 Å². The molecule has 142 valence electrons. The first-order valence-electron chi connectivity index (χ1n) is 8.36. The average molecular weight is 421 g/mol. The maximum absolute atomic E-state index is 12.2. The van der Waals surface area contributed by atoms with Gasteiger partial charge in [-0.15, -0.1) is 22.7 Å². The first-order chi connectivity index (χ1) is 12.8. The number of sulfone groups is 1. The second kappa shape index (κ2) is 8.33. The Morgan fingerprint density at radius 1 is 1.15 bits per heavy atom. The molecule has 0 saturated heterocycles. The molecule has 2 heterocycles. The van der Waals surface area contributed by atoms with Crippen molar-refractivity contribution < 1.29 is 13.2 Å². The number of thiophene rings is 1. The number of aromatic nitrogens is 1. The van der Waals surface area contributed by atoms with E-state index in [1.807, 2.05) is 6.92 Å². The summed E-state index contributed by atoms with van der Waals surface area (Å²) < 4.78 is 22.6. The summed E-state index contributed by atoms with van der Waals surface area (Å²) in [5.74, 6) is -0.179. The van der Waals surface area contributed by atoms with Crippen LogP contribution in [0, 0.1) is 6.92 Å². The van der Waals surface area contributed by atoms with Gasteiger partial charge in [0, 0.05) is 28.6 Å². The summed E-state index contributed by atoms with van der Waals surface area (Å²) in [5, 5.41) is 6.01. The smallest absolute Gasteiger partial charge is 0.251 e. The fourth-order valence-electron chi connectivity index (χ4n) is 2.58. The highest BCUT2D eigenvalue weighted by atomic mass is 32.2. The number of hydrogen-bond acceptors (Lipinski definition) is 6. The normalized spacial score (nSPS) is 11.5. The summed E-state index contributed by atoms with van der Waals surface area (Å²) >= 11 is 3.33. The predicted octanol–water partition coefficient (Wildman–Crippen LogP) is 3.70. The molecule has 0 aliphatic rings. The SMILES string of the molecule is Cc1nc(-c2ccc(CCNC(=O)c3ccc(CS(C)(=O)=O)cc3)s2)cs1. The molecule has 0 atom stereocenters. The van der Waals surface area contributed by atoms with Crippen LogP contribution in [-0.4, -0.2) is 32.1 Å². The molecule has 0 aliphatic heterocycles. The maximum atomic E-state index is 12.2. The number of nitrogens with zero attached hydrogens (tertiary/aromatic N) is 1. The van der Waals surface area contributed by atoms with Gasteiger partial charge >= 0.3 is 0 Å². The van der Waals surface area contributed by atoms with Gasteiger partial charge in [0.1, 0.15) is 0 Å². The minimum absolute atomic E-state index is 0.0197. The molecule has 3 rings (SSSR count). The lowest BCUT2D eigenvalue weighted by molar-refractivity contribution is 0.0954. The van der Waals surface area contributed by atoms with Crippen LogP contribution in [0.5, 0.6) is 0 Å². The van der Waals surface area contributed by atoms with Crippen molar-refractivity contribution in [3.05, 3.63) is 62.8 Å². The fourth-order valence-corrected chi connectivity index (χ4v) is 5.04. The van der Waals surface area contributed by atoms with Crippen molar-refractivity contribution in [3.63, 3.8) is 0 Å². The third-order valence-electron chi connectivity index (χ3n) is 3.84. The van der Waals surface area contributed by atoms with E-state index in [0.29, 0.717) is 17.7 Å². The first kappa shape index (κ1) is 19.7. The van der Waals surface area contributed by atoms with Crippen molar-refractivity contribution in [2.24, 2.45) is 0 Å². The predicted molar refractivity (Wildman–Crippen MR) is 111 cm³/mol. The van der Waals surface area contributed by atoms with Crippen LogP contribution in [-0.2, 0) is 22.0 Å². The van der Waals surface area contributed by atoms with Gasteiger partial charge in [-0.2, -0.15) is 0 Å². The lowest BCUT2D eigenvalue weighted by Gasteiger charge is -2.05. The molecular formula is C19H20N2O3S3. The van der Waals surface area contributed by atoms with E-state index in [1.54, 1.807) is 46.9 Å². The summed E-state index contributed by atoms with van der Waals surface area (Å²) in [6, 6.07) is 10.8. The Kier molecular flexibility index (Phi) is 6.08. The van der Waals surface area contributed by atoms with Gasteiger partial charge in [0.15, 0.2) is 9.84 Å². The minimum Gasteiger partial charge on any atom is -0.352 e. The molecule has 0 bridgehead atoms. The van der Waals surface area contributed by atoms with Crippen molar-refractivity contribution in [1.29, 1.82) is 0 Å². The highest BCUT2D eigenvalue weighted by Crippen LogP contribution is 2.29. The van der Waals surface area contributed by atoms with Gasteiger partial charge < -0.3 is 5.32 Å². The highest BCUT2D eigenvalue weighted by Gasteiger charge is 2.09. The molecule has 0 aliphatic carbocycles. The molecule has 0 saturated carbocycles. The second-order valence-corrected chi connectivity index (χ2v) is 10.7. The molecule has 3 aromatic rings. The number of carbonyl (C=O) groups is 1. The molecule has 0 spiro atoms. The van der Waals surface area contributed by atoms with E-state index in [2.05, 4.69) is 27.8 Å². The quantitative estimate of drug-likeness (QED) is 0.632. The Hall–Kier alpha value is -2.03. The zero-order valence-electron chi connectivity index (χ0n) is 15.1. The van der Waals surface area contributed by atoms with E-state index < -0.39 is 9.84 Å². The number of rotatable bonds is 7. The van der Waals surface area contributed by atoms with Crippen molar-refractivity contribution >= 4 is 38.4 Å². The Morgan fingerprint density at radius 3 is 2.52 bits per heavy atom. The fraction of sp³-hybridized carbons (Fsp3) is 0.263. The number of carbonyl (C=O) groups excluding carboxylic acids is 1. The lowest BCUT2D eigenvalue weighted by atomic mass is 10.1. The number of aryl methyl sites for hydroxylation is 1. The summed E-state index contributed by atoms with van der Waals surface area (Å²) in [5.41, 5.74) is 2.21. The Morgan fingerprint density at radius 2 is 1.89 bits per heavy atom. The maximum Gasteiger partial charge on any atom is 0.251 e. The molecule has 27 heavy (non-hydrogen) atoms. The van der Waals surface area contributed by atoms with Gasteiger partial charge in [-0.3, -0.25) is 4.79 Å². The molecule has 0 radical (unpaired) electrons. The van der Waals surface area contributed by atoms with E-state index in [1.165, 1.54) is 11.1 Å². The second-order valence-electron chi connectivity index (χ2n) is 6.29. The molecule has 1 aromatic carbocycles. The molecule has 0 unspecified atom stereocenters. The molecule has 2 aromatic heterocycles. The van der Waals surface area contributed by atoms with Gasteiger partial charge in [0.2, 0.25) is 0 Å². The van der Waals surface area contributed by atoms with Gasteiger partial charge in [-0.05, 0) is 43.2 Å². The van der Waals surface area contributed by atoms with Gasteiger partial charge in [-0.1, -0.05) is 12.1 Å². The van der Waals surface area contributed by atoms with E-state index >= 15 is 0 Å². The molecule has 1 N–H and O–H groups in total. The number of amides is 1. The number of nitrogens with one attached hydrogen (secondary N) is 1. The highest BCUT2D eigenvalue weighted by molar-refractivity contribution is 7.89. The van der Waals surface area contributed by atoms with E-state index in [9.17, 15) is 13.2 Å². The molecular weight excluding hydrogens is 400 g/mol. The minimum atomic E-state index is -3.08. The van der Waals surface area contributed by atoms with Crippen LogP contribution in [0.1, 0.15) is 25.8 Å². The van der Waals surface area contributed by atoms with Crippen LogP contribution >= 0.6 is 22.7 Å². The average Bonchev–Trinajstić information content (AvgIpc) is 3.23. The number of thiazole rings is 1. The zero-order valence-corrected chi connectivity index (χ0v) is 17.5. The Balaban J connectivity index is 1.52. The number of hydrogen-bond donors (Lipinski definition) is 1. The Labute approximate surface area is 167 Å². The standard InChI is InChI=1S/C19H20N2O3S3/c1-13-21-17(11-25-13)18-8-7-16(26-18)9-10-20-19(22)15-5-3-14(4-6-15)12-27(2,23)24/h3-8,11H,9-10,12H2,1-2H3,(H,20,22). The van der Waals surface area contributed by atoms with Crippen LogP contribution in [0.4, 0.5) is 0 Å². The summed E-state index contributed by atoms with van der Waals surface area (Å²) in [6.45, 7) is 2.53. The van der Waals surface area contributed by atoms with Crippen molar-refractivity contribution in [3.8, 4) is 10.6 Å². The Bertz CT molecular complexity index is 1030. The van der Waals surface area contributed by atoms with Crippen molar-refractivity contribution in [1.82, 2.24) is 10.3 Å².